The Bertz CT molecular complexity index is 804. The number of halogens is 4. The van der Waals surface area contributed by atoms with Crippen LogP contribution >= 0.6 is 0 Å². The predicted molar refractivity (Wildman–Crippen MR) is 97.3 cm³/mol. The molecule has 1 atom stereocenters. The number of nitrogens with zero attached hydrogens (tertiary/aromatic N) is 4. The molecule has 1 aromatic heterocycles. The van der Waals surface area contributed by atoms with Gasteiger partial charge in [-0.15, -0.1) is 0 Å². The van der Waals surface area contributed by atoms with E-state index in [-0.39, 0.29) is 29.0 Å². The average Bonchev–Trinajstić information content (AvgIpc) is 2.59. The summed E-state index contributed by atoms with van der Waals surface area (Å²) < 4.78 is 59.0. The molecule has 1 aromatic rings. The number of rotatable bonds is 9. The van der Waals surface area contributed by atoms with Crippen molar-refractivity contribution >= 4 is 12.5 Å². The number of allylic oxidation sites excluding steroid dienone is 2. The lowest BCUT2D eigenvalue weighted by Crippen LogP contribution is -2.38. The van der Waals surface area contributed by atoms with Crippen LogP contribution in [0.3, 0.4) is 0 Å². The highest BCUT2D eigenvalue weighted by atomic mass is 19.4. The molecule has 0 aromatic carbocycles. The Morgan fingerprint density at radius 2 is 2.14 bits per heavy atom. The van der Waals surface area contributed by atoms with Crippen molar-refractivity contribution in [3.63, 3.8) is 0 Å². The molecule has 1 aliphatic rings. The first kappa shape index (κ1) is 21.5. The van der Waals surface area contributed by atoms with Gasteiger partial charge in [0.1, 0.15) is 6.61 Å². The molecule has 0 spiro atoms. The molecule has 0 radical (unpaired) electrons. The Labute approximate surface area is 160 Å². The summed E-state index contributed by atoms with van der Waals surface area (Å²) in [7, 11) is 0. The lowest BCUT2D eigenvalue weighted by molar-refractivity contribution is -0.0898. The summed E-state index contributed by atoms with van der Waals surface area (Å²) in [5.74, 6) is 4.56. The summed E-state index contributed by atoms with van der Waals surface area (Å²) in [6.07, 6.45) is 0.919. The van der Waals surface area contributed by atoms with E-state index in [4.69, 9.17) is 10.6 Å². The molecule has 2 rings (SSSR count). The summed E-state index contributed by atoms with van der Waals surface area (Å²) in [6.45, 7) is 8.02. The second-order valence-corrected chi connectivity index (χ2v) is 6.07. The Morgan fingerprint density at radius 1 is 1.46 bits per heavy atom. The zero-order chi connectivity index (χ0) is 20.9. The monoisotopic (exact) mass is 399 g/mol. The van der Waals surface area contributed by atoms with Crippen LogP contribution in [0, 0.1) is 11.7 Å². The van der Waals surface area contributed by atoms with Crippen molar-refractivity contribution in [2.75, 3.05) is 13.2 Å². The molecule has 0 bridgehead atoms. The summed E-state index contributed by atoms with van der Waals surface area (Å²) in [6, 6.07) is -0.334. The summed E-state index contributed by atoms with van der Waals surface area (Å²) in [5, 5.41) is 1.28. The molecule has 0 amide bonds. The third kappa shape index (κ3) is 4.94. The lowest BCUT2D eigenvalue weighted by Gasteiger charge is -2.33. The molecule has 1 unspecified atom stereocenters. The minimum atomic E-state index is -4.68. The second kappa shape index (κ2) is 8.96. The summed E-state index contributed by atoms with van der Waals surface area (Å²) >= 11 is 0. The highest BCUT2D eigenvalue weighted by Gasteiger charge is 2.38. The molecule has 152 valence electrons. The first-order valence-corrected chi connectivity index (χ1v) is 8.49. The van der Waals surface area contributed by atoms with Gasteiger partial charge in [0.15, 0.2) is 11.6 Å². The van der Waals surface area contributed by atoms with Crippen LogP contribution in [-0.2, 0) is 0 Å². The standard InChI is InChI=1S/C18H21F4N5O/c1-4-8-27(23)15(12-6-5-7-12)13(11(2)18(20,21)22)10-28-17-25-9-14(19)16(24-3)26-17/h5-6,9,12H,2-4,7-8,10,23H2,1H3/b15-13-. The molecule has 0 fully saturated rings. The normalized spacial score (nSPS) is 16.9. The number of hydrogen-bond acceptors (Lipinski definition) is 6. The SMILES string of the molecule is C=Nc1nc(OC/C(C(=C)C(F)(F)F)=C(\C2C=CC2)N(N)CCC)ncc1F. The quantitative estimate of drug-likeness (QED) is 0.170. The summed E-state index contributed by atoms with van der Waals surface area (Å²) in [5.41, 5.74) is -1.01. The zero-order valence-electron chi connectivity index (χ0n) is 15.3. The van der Waals surface area contributed by atoms with Gasteiger partial charge in [0.05, 0.1) is 11.8 Å². The molecular formula is C18H21F4N5O. The van der Waals surface area contributed by atoms with E-state index in [2.05, 4.69) is 28.3 Å². The first-order valence-electron chi connectivity index (χ1n) is 8.49. The van der Waals surface area contributed by atoms with Crippen LogP contribution in [-0.4, -0.2) is 41.0 Å². The van der Waals surface area contributed by atoms with Crippen molar-refractivity contribution in [2.45, 2.75) is 25.9 Å². The zero-order valence-corrected chi connectivity index (χ0v) is 15.3. The fraction of sp³-hybridized carbons (Fsp3) is 0.389. The third-order valence-corrected chi connectivity index (χ3v) is 4.10. The van der Waals surface area contributed by atoms with Gasteiger partial charge in [-0.3, -0.25) is 0 Å². The van der Waals surface area contributed by atoms with E-state index in [9.17, 15) is 17.6 Å². The van der Waals surface area contributed by atoms with Crippen LogP contribution in [0.25, 0.3) is 0 Å². The average molecular weight is 399 g/mol. The predicted octanol–water partition coefficient (Wildman–Crippen LogP) is 3.86. The van der Waals surface area contributed by atoms with E-state index in [1.54, 1.807) is 6.08 Å². The number of alkyl halides is 3. The van der Waals surface area contributed by atoms with E-state index in [0.29, 0.717) is 19.4 Å². The number of hydrogen-bond donors (Lipinski definition) is 1. The van der Waals surface area contributed by atoms with E-state index >= 15 is 0 Å². The maximum Gasteiger partial charge on any atom is 0.416 e. The van der Waals surface area contributed by atoms with Crippen LogP contribution in [0.1, 0.15) is 19.8 Å². The number of nitrogens with two attached hydrogens (primary N) is 1. The van der Waals surface area contributed by atoms with Crippen molar-refractivity contribution in [1.82, 2.24) is 15.0 Å². The lowest BCUT2D eigenvalue weighted by atomic mass is 9.87. The number of aromatic nitrogens is 2. The van der Waals surface area contributed by atoms with Crippen LogP contribution in [0.2, 0.25) is 0 Å². The van der Waals surface area contributed by atoms with Crippen molar-refractivity contribution in [2.24, 2.45) is 16.8 Å². The molecule has 1 aliphatic carbocycles. The van der Waals surface area contributed by atoms with E-state index < -0.39 is 24.2 Å². The van der Waals surface area contributed by atoms with Crippen LogP contribution in [0.5, 0.6) is 6.01 Å². The van der Waals surface area contributed by atoms with Crippen LogP contribution in [0.4, 0.5) is 23.4 Å². The van der Waals surface area contributed by atoms with E-state index in [1.807, 2.05) is 13.0 Å². The van der Waals surface area contributed by atoms with Gasteiger partial charge in [-0.05, 0) is 19.6 Å². The number of aliphatic imine (C=N–C) groups is 1. The molecule has 2 N–H and O–H groups in total. The molecular weight excluding hydrogens is 378 g/mol. The van der Waals surface area contributed by atoms with Crippen molar-refractivity contribution in [3.8, 4) is 6.01 Å². The van der Waals surface area contributed by atoms with Gasteiger partial charge in [-0.2, -0.15) is 18.2 Å². The van der Waals surface area contributed by atoms with E-state index in [0.717, 1.165) is 6.20 Å². The van der Waals surface area contributed by atoms with Gasteiger partial charge in [-0.1, -0.05) is 25.7 Å². The van der Waals surface area contributed by atoms with Gasteiger partial charge in [-0.25, -0.2) is 20.2 Å². The molecule has 1 heterocycles. The smallest absolute Gasteiger partial charge is 0.416 e. The number of ether oxygens (including phenoxy) is 1. The Morgan fingerprint density at radius 3 is 2.64 bits per heavy atom. The molecule has 28 heavy (non-hydrogen) atoms. The molecule has 0 saturated heterocycles. The van der Waals surface area contributed by atoms with Crippen molar-refractivity contribution in [1.29, 1.82) is 0 Å². The molecule has 0 saturated carbocycles. The Hall–Kier alpha value is -2.75. The van der Waals surface area contributed by atoms with Crippen LogP contribution < -0.4 is 10.6 Å². The molecule has 10 heteroatoms. The van der Waals surface area contributed by atoms with E-state index in [1.165, 1.54) is 5.01 Å². The maximum absolute atomic E-state index is 13.4. The summed E-state index contributed by atoms with van der Waals surface area (Å²) in [4.78, 5) is 10.7. The highest BCUT2D eigenvalue weighted by Crippen LogP contribution is 2.37. The minimum absolute atomic E-state index is 0.209. The fourth-order valence-electron chi connectivity index (χ4n) is 2.59. The van der Waals surface area contributed by atoms with Crippen LogP contribution in [0.15, 0.2) is 46.8 Å². The topological polar surface area (TPSA) is 76.6 Å². The highest BCUT2D eigenvalue weighted by molar-refractivity contribution is 5.42. The second-order valence-electron chi connectivity index (χ2n) is 6.07. The first-order chi connectivity index (χ1) is 13.2. The van der Waals surface area contributed by atoms with Gasteiger partial charge < -0.3 is 9.75 Å². The number of hydrazine groups is 1. The third-order valence-electron chi connectivity index (χ3n) is 4.10. The molecule has 6 nitrogen and oxygen atoms in total. The molecule has 0 aliphatic heterocycles. The van der Waals surface area contributed by atoms with Crippen molar-refractivity contribution < 1.29 is 22.3 Å². The Kier molecular flexibility index (Phi) is 6.90. The van der Waals surface area contributed by atoms with Gasteiger partial charge in [0.2, 0.25) is 0 Å². The van der Waals surface area contributed by atoms with Gasteiger partial charge in [0.25, 0.3) is 0 Å². The fourth-order valence-corrected chi connectivity index (χ4v) is 2.59. The van der Waals surface area contributed by atoms with Crippen molar-refractivity contribution in [3.05, 3.63) is 47.6 Å². The Balaban J connectivity index is 2.42. The van der Waals surface area contributed by atoms with Gasteiger partial charge in [0, 0.05) is 23.7 Å². The maximum atomic E-state index is 13.4. The largest absolute Gasteiger partial charge is 0.458 e. The minimum Gasteiger partial charge on any atom is -0.458 e. The van der Waals surface area contributed by atoms with Gasteiger partial charge >= 0.3 is 12.2 Å².